The Hall–Kier alpha value is -0.770. The lowest BCUT2D eigenvalue weighted by atomic mass is 10.2. The van der Waals surface area contributed by atoms with Gasteiger partial charge in [-0.3, -0.25) is 9.89 Å². The number of guanidine groups is 1. The molecule has 4 heteroatoms. The average Bonchev–Trinajstić information content (AvgIpc) is 3.19. The van der Waals surface area contributed by atoms with Crippen LogP contribution >= 0.6 is 0 Å². The first-order chi connectivity index (χ1) is 8.81. The number of hydrogen-bond acceptors (Lipinski definition) is 2. The normalized spacial score (nSPS) is 22.3. The van der Waals surface area contributed by atoms with E-state index in [0.717, 1.165) is 44.7 Å². The van der Waals surface area contributed by atoms with E-state index in [1.807, 2.05) is 0 Å². The van der Waals surface area contributed by atoms with E-state index < -0.39 is 0 Å². The van der Waals surface area contributed by atoms with Gasteiger partial charge in [0, 0.05) is 25.7 Å². The van der Waals surface area contributed by atoms with Crippen LogP contribution in [0.25, 0.3) is 0 Å². The van der Waals surface area contributed by atoms with E-state index in [-0.39, 0.29) is 0 Å². The van der Waals surface area contributed by atoms with Crippen LogP contribution in [0, 0.1) is 0 Å². The van der Waals surface area contributed by atoms with Gasteiger partial charge >= 0.3 is 0 Å². The van der Waals surface area contributed by atoms with Gasteiger partial charge in [-0.1, -0.05) is 19.8 Å². The Balaban J connectivity index is 1.72. The van der Waals surface area contributed by atoms with Crippen molar-refractivity contribution >= 4 is 5.96 Å². The smallest absolute Gasteiger partial charge is 0.191 e. The lowest BCUT2D eigenvalue weighted by Gasteiger charge is -2.22. The van der Waals surface area contributed by atoms with E-state index in [2.05, 4.69) is 21.7 Å². The average molecular weight is 252 g/mol. The van der Waals surface area contributed by atoms with Crippen molar-refractivity contribution < 1.29 is 0 Å². The van der Waals surface area contributed by atoms with Crippen LogP contribution in [0.1, 0.15) is 45.4 Å². The lowest BCUT2D eigenvalue weighted by molar-refractivity contribution is 0.285. The fraction of sp³-hybridized carbons (Fsp3) is 0.929. The standard InChI is InChI=1S/C14H28N4/c1-2-17(13-7-8-13)12-9-16-14(15)18-10-5-3-4-6-11-18/h13H,2-12H2,1H3,(H2,15,16). The summed E-state index contributed by atoms with van der Waals surface area (Å²) in [4.78, 5) is 9.36. The highest BCUT2D eigenvalue weighted by atomic mass is 15.3. The summed E-state index contributed by atoms with van der Waals surface area (Å²) in [6, 6.07) is 0.838. The Morgan fingerprint density at radius 2 is 1.89 bits per heavy atom. The van der Waals surface area contributed by atoms with Crippen molar-refractivity contribution in [2.45, 2.75) is 51.5 Å². The molecule has 0 amide bonds. The topological polar surface area (TPSA) is 44.9 Å². The molecule has 2 N–H and O–H groups in total. The molecule has 0 aromatic rings. The highest BCUT2D eigenvalue weighted by molar-refractivity contribution is 5.78. The van der Waals surface area contributed by atoms with Gasteiger partial charge in [0.25, 0.3) is 0 Å². The van der Waals surface area contributed by atoms with Gasteiger partial charge in [0.15, 0.2) is 5.96 Å². The van der Waals surface area contributed by atoms with Crippen molar-refractivity contribution in [3.8, 4) is 0 Å². The van der Waals surface area contributed by atoms with E-state index >= 15 is 0 Å². The molecule has 1 aliphatic heterocycles. The summed E-state index contributed by atoms with van der Waals surface area (Å²) >= 11 is 0. The van der Waals surface area contributed by atoms with Crippen LogP contribution in [-0.2, 0) is 0 Å². The molecule has 0 radical (unpaired) electrons. The first kappa shape index (κ1) is 13.7. The van der Waals surface area contributed by atoms with E-state index in [9.17, 15) is 0 Å². The van der Waals surface area contributed by atoms with Gasteiger partial charge in [-0.2, -0.15) is 0 Å². The summed E-state index contributed by atoms with van der Waals surface area (Å²) in [7, 11) is 0. The molecular formula is C14H28N4. The van der Waals surface area contributed by atoms with Gasteiger partial charge in [-0.05, 0) is 32.2 Å². The van der Waals surface area contributed by atoms with Crippen LogP contribution in [0.5, 0.6) is 0 Å². The van der Waals surface area contributed by atoms with Gasteiger partial charge in [-0.15, -0.1) is 0 Å². The zero-order valence-electron chi connectivity index (χ0n) is 11.8. The van der Waals surface area contributed by atoms with E-state index in [1.54, 1.807) is 0 Å². The molecule has 0 aromatic carbocycles. The molecule has 1 saturated carbocycles. The summed E-state index contributed by atoms with van der Waals surface area (Å²) in [5, 5.41) is 0. The molecule has 1 heterocycles. The third-order valence-corrected chi connectivity index (χ3v) is 4.06. The minimum absolute atomic E-state index is 0.767. The zero-order valence-corrected chi connectivity index (χ0v) is 11.8. The van der Waals surface area contributed by atoms with Crippen molar-refractivity contribution in [3.05, 3.63) is 0 Å². The van der Waals surface area contributed by atoms with Gasteiger partial charge in [0.1, 0.15) is 0 Å². The third kappa shape index (κ3) is 4.16. The van der Waals surface area contributed by atoms with Gasteiger partial charge in [0.05, 0.1) is 6.54 Å². The molecule has 0 bridgehead atoms. The van der Waals surface area contributed by atoms with Crippen LogP contribution in [0.4, 0.5) is 0 Å². The second-order valence-corrected chi connectivity index (χ2v) is 5.50. The summed E-state index contributed by atoms with van der Waals surface area (Å²) < 4.78 is 0. The first-order valence-electron chi connectivity index (χ1n) is 7.60. The quantitative estimate of drug-likeness (QED) is 0.598. The zero-order chi connectivity index (χ0) is 12.8. The number of likely N-dealkylation sites (tertiary alicyclic amines) is 1. The molecule has 0 atom stereocenters. The summed E-state index contributed by atoms with van der Waals surface area (Å²) in [5.74, 6) is 0.767. The van der Waals surface area contributed by atoms with Crippen LogP contribution in [0.3, 0.4) is 0 Å². The largest absolute Gasteiger partial charge is 0.370 e. The molecule has 2 aliphatic rings. The molecule has 2 fully saturated rings. The molecule has 104 valence electrons. The predicted molar refractivity (Wildman–Crippen MR) is 76.8 cm³/mol. The highest BCUT2D eigenvalue weighted by Gasteiger charge is 2.27. The molecule has 2 rings (SSSR count). The van der Waals surface area contributed by atoms with Gasteiger partial charge in [0.2, 0.25) is 0 Å². The van der Waals surface area contributed by atoms with E-state index in [0.29, 0.717) is 0 Å². The monoisotopic (exact) mass is 252 g/mol. The Bertz CT molecular complexity index is 265. The fourth-order valence-corrected chi connectivity index (χ4v) is 2.73. The first-order valence-corrected chi connectivity index (χ1v) is 7.60. The van der Waals surface area contributed by atoms with E-state index in [1.165, 1.54) is 38.5 Å². The molecule has 0 aromatic heterocycles. The Kier molecular flexibility index (Phi) is 5.29. The molecule has 0 spiro atoms. The summed E-state index contributed by atoms with van der Waals surface area (Å²) in [5.41, 5.74) is 6.09. The minimum atomic E-state index is 0.767. The number of aliphatic imine (C=N–C) groups is 1. The maximum atomic E-state index is 6.09. The van der Waals surface area contributed by atoms with E-state index in [4.69, 9.17) is 5.73 Å². The molecule has 18 heavy (non-hydrogen) atoms. The van der Waals surface area contributed by atoms with Crippen molar-refractivity contribution in [2.75, 3.05) is 32.7 Å². The number of nitrogens with two attached hydrogens (primary N) is 1. The predicted octanol–water partition coefficient (Wildman–Crippen LogP) is 1.66. The summed E-state index contributed by atoms with van der Waals surface area (Å²) in [6.45, 7) is 7.48. The Morgan fingerprint density at radius 3 is 2.44 bits per heavy atom. The highest BCUT2D eigenvalue weighted by Crippen LogP contribution is 2.25. The minimum Gasteiger partial charge on any atom is -0.370 e. The van der Waals surface area contributed by atoms with Crippen LogP contribution < -0.4 is 5.73 Å². The van der Waals surface area contributed by atoms with Crippen molar-refractivity contribution in [3.63, 3.8) is 0 Å². The third-order valence-electron chi connectivity index (χ3n) is 4.06. The summed E-state index contributed by atoms with van der Waals surface area (Å²) in [6.07, 6.45) is 7.96. The number of nitrogens with zero attached hydrogens (tertiary/aromatic N) is 3. The molecular weight excluding hydrogens is 224 g/mol. The lowest BCUT2D eigenvalue weighted by Crippen LogP contribution is -2.38. The van der Waals surface area contributed by atoms with Crippen molar-refractivity contribution in [2.24, 2.45) is 10.7 Å². The maximum absolute atomic E-state index is 6.09. The maximum Gasteiger partial charge on any atom is 0.191 e. The number of rotatable bonds is 5. The molecule has 1 saturated heterocycles. The molecule has 1 aliphatic carbocycles. The second kappa shape index (κ2) is 6.98. The number of hydrogen-bond donors (Lipinski definition) is 1. The van der Waals surface area contributed by atoms with Crippen LogP contribution in [0.15, 0.2) is 4.99 Å². The van der Waals surface area contributed by atoms with Crippen LogP contribution in [-0.4, -0.2) is 54.5 Å². The Morgan fingerprint density at radius 1 is 1.22 bits per heavy atom. The SMILES string of the molecule is CCN(CCN=C(N)N1CCCCCC1)C1CC1. The van der Waals surface area contributed by atoms with Crippen molar-refractivity contribution in [1.29, 1.82) is 0 Å². The molecule has 4 nitrogen and oxygen atoms in total. The van der Waals surface area contributed by atoms with Gasteiger partial charge < -0.3 is 10.6 Å². The fourth-order valence-electron chi connectivity index (χ4n) is 2.73. The van der Waals surface area contributed by atoms with Crippen molar-refractivity contribution in [1.82, 2.24) is 9.80 Å². The molecule has 0 unspecified atom stereocenters. The Labute approximate surface area is 111 Å². The van der Waals surface area contributed by atoms with Crippen LogP contribution in [0.2, 0.25) is 0 Å². The second-order valence-electron chi connectivity index (χ2n) is 5.50. The number of likely N-dealkylation sites (N-methyl/N-ethyl adjacent to an activating group) is 1. The van der Waals surface area contributed by atoms with Gasteiger partial charge in [-0.25, -0.2) is 0 Å².